The van der Waals surface area contributed by atoms with Crippen LogP contribution in [0.1, 0.15) is 10.4 Å². The summed E-state index contributed by atoms with van der Waals surface area (Å²) < 4.78 is 5.09. The normalized spacial score (nSPS) is 10.4. The van der Waals surface area contributed by atoms with Crippen LogP contribution in [-0.2, 0) is 0 Å². The van der Waals surface area contributed by atoms with Gasteiger partial charge < -0.3 is 15.8 Å². The molecule has 22 heavy (non-hydrogen) atoms. The maximum absolute atomic E-state index is 12.4. The number of benzene rings is 2. The van der Waals surface area contributed by atoms with Crippen molar-refractivity contribution in [2.75, 3.05) is 18.2 Å². The molecule has 0 atom stereocenters. The first-order valence-electron chi connectivity index (χ1n) is 6.77. The molecular formula is C17H15N3O2. The van der Waals surface area contributed by atoms with Gasteiger partial charge in [-0.25, -0.2) is 0 Å². The second-order valence-corrected chi connectivity index (χ2v) is 4.79. The lowest BCUT2D eigenvalue weighted by Crippen LogP contribution is -2.12. The molecule has 2 aromatic carbocycles. The number of pyridine rings is 1. The third kappa shape index (κ3) is 2.56. The minimum absolute atomic E-state index is 0.231. The Morgan fingerprint density at radius 2 is 2.05 bits per heavy atom. The summed E-state index contributed by atoms with van der Waals surface area (Å²) in [6.45, 7) is 0. The van der Waals surface area contributed by atoms with Crippen molar-refractivity contribution in [1.29, 1.82) is 0 Å². The summed E-state index contributed by atoms with van der Waals surface area (Å²) >= 11 is 0. The molecule has 0 unspecified atom stereocenters. The van der Waals surface area contributed by atoms with Crippen LogP contribution in [0.3, 0.4) is 0 Å². The lowest BCUT2D eigenvalue weighted by Gasteiger charge is -2.10. The largest absolute Gasteiger partial charge is 0.495 e. The number of hydrogen-bond acceptors (Lipinski definition) is 4. The Morgan fingerprint density at radius 3 is 2.82 bits per heavy atom. The first kappa shape index (κ1) is 13.9. The van der Waals surface area contributed by atoms with Crippen molar-refractivity contribution >= 4 is 28.2 Å². The molecule has 0 spiro atoms. The topological polar surface area (TPSA) is 77.2 Å². The van der Waals surface area contributed by atoms with Gasteiger partial charge in [0.05, 0.1) is 24.0 Å². The molecule has 5 heteroatoms. The summed E-state index contributed by atoms with van der Waals surface area (Å²) in [4.78, 5) is 16.7. The second-order valence-electron chi connectivity index (χ2n) is 4.79. The van der Waals surface area contributed by atoms with Crippen LogP contribution in [0.4, 0.5) is 11.4 Å². The highest BCUT2D eigenvalue weighted by Crippen LogP contribution is 2.24. The van der Waals surface area contributed by atoms with E-state index in [-0.39, 0.29) is 5.91 Å². The third-order valence-electron chi connectivity index (χ3n) is 3.39. The molecule has 3 aromatic rings. The zero-order valence-corrected chi connectivity index (χ0v) is 12.0. The predicted molar refractivity (Wildman–Crippen MR) is 87.1 cm³/mol. The van der Waals surface area contributed by atoms with Crippen molar-refractivity contribution < 1.29 is 9.53 Å². The van der Waals surface area contributed by atoms with E-state index in [4.69, 9.17) is 10.5 Å². The molecule has 0 bridgehead atoms. The maximum Gasteiger partial charge on any atom is 0.255 e. The molecule has 0 radical (unpaired) electrons. The average molecular weight is 293 g/mol. The molecule has 5 nitrogen and oxygen atoms in total. The van der Waals surface area contributed by atoms with Crippen molar-refractivity contribution in [2.45, 2.75) is 0 Å². The minimum atomic E-state index is -0.231. The molecule has 0 aliphatic rings. The number of carbonyl (C=O) groups is 1. The Morgan fingerprint density at radius 1 is 1.18 bits per heavy atom. The van der Waals surface area contributed by atoms with Crippen molar-refractivity contribution in [1.82, 2.24) is 4.98 Å². The summed E-state index contributed by atoms with van der Waals surface area (Å²) in [6.07, 6.45) is 1.72. The van der Waals surface area contributed by atoms with Crippen LogP contribution in [0.25, 0.3) is 10.9 Å². The van der Waals surface area contributed by atoms with E-state index in [1.54, 1.807) is 24.4 Å². The van der Waals surface area contributed by atoms with E-state index in [2.05, 4.69) is 10.3 Å². The Hall–Kier alpha value is -3.08. The molecule has 1 heterocycles. The fraction of sp³-hybridized carbons (Fsp3) is 0.0588. The summed E-state index contributed by atoms with van der Waals surface area (Å²) in [5.74, 6) is 0.316. The average Bonchev–Trinajstić information content (AvgIpc) is 2.55. The molecule has 0 saturated carbocycles. The smallest absolute Gasteiger partial charge is 0.255 e. The number of hydrogen-bond donors (Lipinski definition) is 2. The van der Waals surface area contributed by atoms with Crippen molar-refractivity contribution in [3.63, 3.8) is 0 Å². The number of methoxy groups -OCH3 is 1. The van der Waals surface area contributed by atoms with Crippen LogP contribution in [0.5, 0.6) is 5.75 Å². The number of rotatable bonds is 3. The number of carbonyl (C=O) groups excluding carboxylic acids is 1. The highest BCUT2D eigenvalue weighted by Gasteiger charge is 2.10. The zero-order valence-electron chi connectivity index (χ0n) is 12.0. The third-order valence-corrected chi connectivity index (χ3v) is 3.39. The van der Waals surface area contributed by atoms with Crippen LogP contribution in [0.15, 0.2) is 54.7 Å². The Balaban J connectivity index is 1.92. The van der Waals surface area contributed by atoms with Gasteiger partial charge in [0.15, 0.2) is 0 Å². The Kier molecular flexibility index (Phi) is 3.62. The van der Waals surface area contributed by atoms with E-state index in [0.717, 1.165) is 10.9 Å². The number of anilines is 2. The fourth-order valence-electron chi connectivity index (χ4n) is 2.28. The molecule has 1 amide bonds. The first-order valence-corrected chi connectivity index (χ1v) is 6.77. The number of amides is 1. The van der Waals surface area contributed by atoms with Crippen LogP contribution in [0, 0.1) is 0 Å². The van der Waals surface area contributed by atoms with Crippen LogP contribution in [0.2, 0.25) is 0 Å². The van der Waals surface area contributed by atoms with Crippen LogP contribution in [-0.4, -0.2) is 18.0 Å². The summed E-state index contributed by atoms with van der Waals surface area (Å²) in [5.41, 5.74) is 8.28. The molecule has 0 aliphatic carbocycles. The van der Waals surface area contributed by atoms with Gasteiger partial charge in [0.1, 0.15) is 5.75 Å². The lowest BCUT2D eigenvalue weighted by atomic mass is 10.1. The highest BCUT2D eigenvalue weighted by molar-refractivity contribution is 6.09. The van der Waals surface area contributed by atoms with E-state index >= 15 is 0 Å². The first-order chi connectivity index (χ1) is 10.7. The van der Waals surface area contributed by atoms with Gasteiger partial charge in [-0.1, -0.05) is 6.07 Å². The van der Waals surface area contributed by atoms with E-state index < -0.39 is 0 Å². The van der Waals surface area contributed by atoms with Gasteiger partial charge in [0.25, 0.3) is 5.91 Å². The molecular weight excluding hydrogens is 278 g/mol. The molecule has 3 N–H and O–H groups in total. The fourth-order valence-corrected chi connectivity index (χ4v) is 2.28. The number of ether oxygens (including phenoxy) is 1. The van der Waals surface area contributed by atoms with Gasteiger partial charge in [-0.15, -0.1) is 0 Å². The van der Waals surface area contributed by atoms with Crippen LogP contribution < -0.4 is 15.8 Å². The maximum atomic E-state index is 12.4. The van der Waals surface area contributed by atoms with Gasteiger partial charge in [-0.3, -0.25) is 9.78 Å². The van der Waals surface area contributed by atoms with E-state index in [1.807, 2.05) is 30.3 Å². The molecule has 0 fully saturated rings. The van der Waals surface area contributed by atoms with Crippen molar-refractivity contribution in [3.8, 4) is 5.75 Å². The quantitative estimate of drug-likeness (QED) is 0.727. The molecule has 1 aromatic heterocycles. The lowest BCUT2D eigenvalue weighted by molar-refractivity contribution is 0.102. The van der Waals surface area contributed by atoms with E-state index in [0.29, 0.717) is 22.7 Å². The Bertz CT molecular complexity index is 841. The van der Waals surface area contributed by atoms with Gasteiger partial charge in [0.2, 0.25) is 0 Å². The standard InChI is InChI=1S/C17H15N3O2/c1-22-16-8-7-11(10-13(16)18)17(21)20-15-6-2-5-14-12(15)4-3-9-19-14/h2-10H,18H2,1H3,(H,20,21). The van der Waals surface area contributed by atoms with Gasteiger partial charge in [-0.2, -0.15) is 0 Å². The number of nitrogen functional groups attached to an aromatic ring is 1. The SMILES string of the molecule is COc1ccc(C(=O)Nc2cccc3ncccc23)cc1N. The molecule has 0 saturated heterocycles. The molecule has 3 rings (SSSR count). The number of nitrogens with zero attached hydrogens (tertiary/aromatic N) is 1. The monoisotopic (exact) mass is 293 g/mol. The molecule has 0 aliphatic heterocycles. The van der Waals surface area contributed by atoms with Crippen molar-refractivity contribution in [3.05, 3.63) is 60.3 Å². The van der Waals surface area contributed by atoms with Crippen LogP contribution >= 0.6 is 0 Å². The zero-order chi connectivity index (χ0) is 15.5. The predicted octanol–water partition coefficient (Wildman–Crippen LogP) is 3.08. The summed E-state index contributed by atoms with van der Waals surface area (Å²) in [5, 5.41) is 3.78. The highest BCUT2D eigenvalue weighted by atomic mass is 16.5. The minimum Gasteiger partial charge on any atom is -0.495 e. The van der Waals surface area contributed by atoms with E-state index in [9.17, 15) is 4.79 Å². The molecule has 110 valence electrons. The van der Waals surface area contributed by atoms with Gasteiger partial charge in [-0.05, 0) is 42.5 Å². The number of fused-ring (bicyclic) bond motifs is 1. The summed E-state index contributed by atoms with van der Waals surface area (Å²) in [7, 11) is 1.54. The van der Waals surface area contributed by atoms with Gasteiger partial charge in [0, 0.05) is 17.1 Å². The number of aromatic nitrogens is 1. The van der Waals surface area contributed by atoms with E-state index in [1.165, 1.54) is 7.11 Å². The second kappa shape index (κ2) is 5.73. The van der Waals surface area contributed by atoms with Gasteiger partial charge >= 0.3 is 0 Å². The number of nitrogens with one attached hydrogen (secondary N) is 1. The van der Waals surface area contributed by atoms with Crippen molar-refractivity contribution in [2.24, 2.45) is 0 Å². The summed E-state index contributed by atoms with van der Waals surface area (Å²) in [6, 6.07) is 14.3. The Labute approximate surface area is 127 Å². The number of nitrogens with two attached hydrogens (primary N) is 1.